The quantitative estimate of drug-likeness (QED) is 0.569. The number of ether oxygens (including phenoxy) is 1. The molecule has 0 saturated heterocycles. The van der Waals surface area contributed by atoms with Crippen LogP contribution in [0.1, 0.15) is 5.56 Å². The average molecular weight is 375 g/mol. The number of fused-ring (bicyclic) bond motifs is 1. The van der Waals surface area contributed by atoms with Crippen LogP contribution in [0.5, 0.6) is 5.75 Å². The summed E-state index contributed by atoms with van der Waals surface area (Å²) in [6.45, 7) is 0. The number of benzene rings is 1. The fraction of sp³-hybridized carbons (Fsp3) is 0.125. The summed E-state index contributed by atoms with van der Waals surface area (Å²) in [5, 5.41) is 17.5. The van der Waals surface area contributed by atoms with Crippen LogP contribution in [0.25, 0.3) is 16.8 Å². The smallest absolute Gasteiger partial charge is 0.417 e. The number of imidazole rings is 1. The van der Waals surface area contributed by atoms with E-state index < -0.39 is 11.7 Å². The second kappa shape index (κ2) is 6.27. The topological polar surface area (TPSA) is 93.0 Å². The van der Waals surface area contributed by atoms with E-state index in [1.165, 1.54) is 36.2 Å². The van der Waals surface area contributed by atoms with Gasteiger partial charge in [-0.05, 0) is 18.2 Å². The van der Waals surface area contributed by atoms with E-state index in [0.29, 0.717) is 11.3 Å². The summed E-state index contributed by atoms with van der Waals surface area (Å²) < 4.78 is 47.1. The van der Waals surface area contributed by atoms with E-state index in [2.05, 4.69) is 30.7 Å². The van der Waals surface area contributed by atoms with Crippen LogP contribution in [0.2, 0.25) is 0 Å². The van der Waals surface area contributed by atoms with E-state index in [1.54, 1.807) is 12.3 Å². The van der Waals surface area contributed by atoms with Crippen molar-refractivity contribution in [1.82, 2.24) is 29.8 Å². The summed E-state index contributed by atoms with van der Waals surface area (Å²) >= 11 is 0. The number of halogens is 3. The second-order valence-electron chi connectivity index (χ2n) is 5.53. The van der Waals surface area contributed by atoms with Crippen LogP contribution in [0.15, 0.2) is 43.0 Å². The molecule has 27 heavy (non-hydrogen) atoms. The lowest BCUT2D eigenvalue weighted by Gasteiger charge is -2.15. The van der Waals surface area contributed by atoms with E-state index in [9.17, 15) is 13.2 Å². The fourth-order valence-electron chi connectivity index (χ4n) is 2.65. The Morgan fingerprint density at radius 2 is 2.04 bits per heavy atom. The SMILES string of the molecule is COc1ccc(-c2nnc(Nc3ccn[nH]3)n3cncc23)c(C(F)(F)F)c1. The molecule has 138 valence electrons. The van der Waals surface area contributed by atoms with Gasteiger partial charge in [-0.15, -0.1) is 10.2 Å². The first-order chi connectivity index (χ1) is 13.0. The van der Waals surface area contributed by atoms with Crippen LogP contribution in [-0.2, 0) is 6.18 Å². The van der Waals surface area contributed by atoms with Crippen molar-refractivity contribution in [1.29, 1.82) is 0 Å². The summed E-state index contributed by atoms with van der Waals surface area (Å²) in [7, 11) is 1.31. The predicted octanol–water partition coefficient (Wildman–Crippen LogP) is 3.29. The zero-order chi connectivity index (χ0) is 19.0. The summed E-state index contributed by atoms with van der Waals surface area (Å²) in [4.78, 5) is 4.01. The standard InChI is InChI=1S/C16H12F3N7O/c1-27-9-2-3-10(11(6-9)16(17,18)19)14-12-7-20-8-26(12)15(25-24-14)22-13-4-5-21-23-13/h2-8H,1H3,(H2,21,22,23,25). The summed E-state index contributed by atoms with van der Waals surface area (Å²) in [5.74, 6) is 0.922. The first-order valence-electron chi connectivity index (χ1n) is 7.68. The molecule has 4 rings (SSSR count). The third-order valence-electron chi connectivity index (χ3n) is 3.89. The highest BCUT2D eigenvalue weighted by Gasteiger charge is 2.35. The van der Waals surface area contributed by atoms with E-state index >= 15 is 0 Å². The molecule has 4 aromatic rings. The lowest BCUT2D eigenvalue weighted by molar-refractivity contribution is -0.137. The van der Waals surface area contributed by atoms with Gasteiger partial charge in [0.15, 0.2) is 0 Å². The van der Waals surface area contributed by atoms with Gasteiger partial charge in [0.2, 0.25) is 5.95 Å². The molecule has 3 heterocycles. The van der Waals surface area contributed by atoms with Gasteiger partial charge in [0.25, 0.3) is 0 Å². The van der Waals surface area contributed by atoms with Crippen LogP contribution in [0, 0.1) is 0 Å². The number of nitrogens with one attached hydrogen (secondary N) is 2. The van der Waals surface area contributed by atoms with Crippen molar-refractivity contribution in [3.63, 3.8) is 0 Å². The maximum absolute atomic E-state index is 13.6. The number of H-pyrrole nitrogens is 1. The van der Waals surface area contributed by atoms with E-state index in [-0.39, 0.29) is 23.0 Å². The van der Waals surface area contributed by atoms with Crippen LogP contribution in [0.4, 0.5) is 24.9 Å². The molecule has 0 aliphatic rings. The predicted molar refractivity (Wildman–Crippen MR) is 89.6 cm³/mol. The summed E-state index contributed by atoms with van der Waals surface area (Å²) in [6, 6.07) is 5.35. The van der Waals surface area contributed by atoms with Crippen molar-refractivity contribution in [2.24, 2.45) is 0 Å². The number of nitrogens with zero attached hydrogens (tertiary/aromatic N) is 5. The van der Waals surface area contributed by atoms with Crippen LogP contribution in [-0.4, -0.2) is 36.9 Å². The number of aromatic nitrogens is 6. The molecule has 0 atom stereocenters. The molecule has 0 spiro atoms. The third kappa shape index (κ3) is 3.03. The zero-order valence-electron chi connectivity index (χ0n) is 13.8. The monoisotopic (exact) mass is 375 g/mol. The van der Waals surface area contributed by atoms with Gasteiger partial charge < -0.3 is 10.1 Å². The molecular formula is C16H12F3N7O. The lowest BCUT2D eigenvalue weighted by atomic mass is 10.0. The Kier molecular flexibility index (Phi) is 3.90. The maximum Gasteiger partial charge on any atom is 0.417 e. The molecule has 0 amide bonds. The van der Waals surface area contributed by atoms with Crippen molar-refractivity contribution >= 4 is 17.3 Å². The number of methoxy groups -OCH3 is 1. The van der Waals surface area contributed by atoms with Crippen molar-refractivity contribution in [2.75, 3.05) is 12.4 Å². The Labute approximate surface area is 150 Å². The molecule has 0 aliphatic heterocycles. The van der Waals surface area contributed by atoms with Crippen LogP contribution < -0.4 is 10.1 Å². The normalized spacial score (nSPS) is 11.7. The minimum absolute atomic E-state index is 0.0534. The molecule has 11 heteroatoms. The van der Waals surface area contributed by atoms with Crippen LogP contribution in [0.3, 0.4) is 0 Å². The van der Waals surface area contributed by atoms with Gasteiger partial charge in [0.05, 0.1) is 30.6 Å². The van der Waals surface area contributed by atoms with Gasteiger partial charge in [-0.1, -0.05) is 0 Å². The third-order valence-corrected chi connectivity index (χ3v) is 3.89. The van der Waals surface area contributed by atoms with Gasteiger partial charge in [-0.3, -0.25) is 9.50 Å². The Morgan fingerprint density at radius 1 is 1.19 bits per heavy atom. The van der Waals surface area contributed by atoms with E-state index in [1.807, 2.05) is 0 Å². The van der Waals surface area contributed by atoms with Crippen molar-refractivity contribution in [2.45, 2.75) is 6.18 Å². The molecule has 0 aliphatic carbocycles. The Balaban J connectivity index is 1.87. The molecule has 0 bridgehead atoms. The van der Waals surface area contributed by atoms with Gasteiger partial charge in [-0.25, -0.2) is 4.98 Å². The highest BCUT2D eigenvalue weighted by atomic mass is 19.4. The maximum atomic E-state index is 13.6. The molecule has 0 unspecified atom stereocenters. The number of aromatic amines is 1. The zero-order valence-corrected chi connectivity index (χ0v) is 13.8. The van der Waals surface area contributed by atoms with Gasteiger partial charge in [0.1, 0.15) is 23.6 Å². The summed E-state index contributed by atoms with van der Waals surface area (Å²) in [6.07, 6.45) is -0.187. The van der Waals surface area contributed by atoms with Crippen molar-refractivity contribution in [3.8, 4) is 17.0 Å². The minimum Gasteiger partial charge on any atom is -0.497 e. The molecule has 3 aromatic heterocycles. The Hall–Kier alpha value is -3.63. The molecule has 2 N–H and O–H groups in total. The fourth-order valence-corrected chi connectivity index (χ4v) is 2.65. The molecule has 0 radical (unpaired) electrons. The Bertz CT molecular complexity index is 1090. The molecule has 0 fully saturated rings. The number of rotatable bonds is 4. The van der Waals surface area contributed by atoms with Gasteiger partial charge in [-0.2, -0.15) is 18.3 Å². The van der Waals surface area contributed by atoms with Gasteiger partial charge >= 0.3 is 6.18 Å². The van der Waals surface area contributed by atoms with Crippen LogP contribution >= 0.6 is 0 Å². The van der Waals surface area contributed by atoms with E-state index in [4.69, 9.17) is 4.74 Å². The number of hydrogen-bond donors (Lipinski definition) is 2. The first kappa shape index (κ1) is 16.8. The highest BCUT2D eigenvalue weighted by molar-refractivity contribution is 5.80. The lowest BCUT2D eigenvalue weighted by Crippen LogP contribution is -2.10. The molecular weight excluding hydrogens is 363 g/mol. The molecule has 0 saturated carbocycles. The number of alkyl halides is 3. The van der Waals surface area contributed by atoms with Gasteiger partial charge in [0, 0.05) is 11.6 Å². The molecule has 8 nitrogen and oxygen atoms in total. The number of anilines is 2. The largest absolute Gasteiger partial charge is 0.497 e. The Morgan fingerprint density at radius 3 is 2.74 bits per heavy atom. The summed E-state index contributed by atoms with van der Waals surface area (Å²) in [5.41, 5.74) is -0.566. The number of hydrogen-bond acceptors (Lipinski definition) is 6. The second-order valence-corrected chi connectivity index (χ2v) is 5.53. The van der Waals surface area contributed by atoms with Crippen molar-refractivity contribution in [3.05, 3.63) is 48.5 Å². The average Bonchev–Trinajstić information content (AvgIpc) is 3.32. The molecule has 1 aromatic carbocycles. The minimum atomic E-state index is -4.59. The highest BCUT2D eigenvalue weighted by Crippen LogP contribution is 2.39. The first-order valence-corrected chi connectivity index (χ1v) is 7.68. The van der Waals surface area contributed by atoms with Crippen molar-refractivity contribution < 1.29 is 17.9 Å². The van der Waals surface area contributed by atoms with E-state index in [0.717, 1.165) is 6.07 Å².